The molecule has 0 heterocycles. The zero-order valence-corrected chi connectivity index (χ0v) is 8.76. The van der Waals surface area contributed by atoms with E-state index < -0.39 is 11.2 Å². The van der Waals surface area contributed by atoms with Crippen LogP contribution in [0.25, 0.3) is 0 Å². The number of allylic oxidation sites excluding steroid dienone is 2. The van der Waals surface area contributed by atoms with Gasteiger partial charge in [0.05, 0.1) is 11.5 Å². The van der Waals surface area contributed by atoms with E-state index >= 15 is 0 Å². The normalized spacial score (nSPS) is 17.7. The van der Waals surface area contributed by atoms with Gasteiger partial charge in [-0.2, -0.15) is 5.26 Å². The Hall–Kier alpha value is -1.33. The van der Waals surface area contributed by atoms with Gasteiger partial charge in [-0.25, -0.2) is 4.39 Å². The smallest absolute Gasteiger partial charge is 0.129 e. The summed E-state index contributed by atoms with van der Waals surface area (Å²) in [5.74, 6) is -0.396. The van der Waals surface area contributed by atoms with Gasteiger partial charge >= 0.3 is 0 Å². The molecule has 0 bridgehead atoms. The predicted octanol–water partition coefficient (Wildman–Crippen LogP) is 3.59. The molecule has 0 N–H and O–H groups in total. The van der Waals surface area contributed by atoms with E-state index in [1.165, 1.54) is 6.07 Å². The summed E-state index contributed by atoms with van der Waals surface area (Å²) in [6.45, 7) is 0. The molecule has 1 nitrogen and oxygen atoms in total. The van der Waals surface area contributed by atoms with Crippen LogP contribution in [0.5, 0.6) is 0 Å². The van der Waals surface area contributed by atoms with Crippen molar-refractivity contribution in [2.24, 2.45) is 0 Å². The molecule has 0 fully saturated rings. The molecule has 3 heteroatoms. The van der Waals surface area contributed by atoms with Gasteiger partial charge in [0.15, 0.2) is 0 Å². The molecular weight excluding hydrogens is 213 g/mol. The van der Waals surface area contributed by atoms with Gasteiger partial charge in [0, 0.05) is 10.6 Å². The van der Waals surface area contributed by atoms with Crippen LogP contribution >= 0.6 is 11.6 Å². The van der Waals surface area contributed by atoms with Crippen LogP contribution in [0.1, 0.15) is 18.4 Å². The second-order valence-corrected chi connectivity index (χ2v) is 4.08. The molecule has 0 aromatic heterocycles. The van der Waals surface area contributed by atoms with Gasteiger partial charge < -0.3 is 0 Å². The second kappa shape index (κ2) is 3.67. The van der Waals surface area contributed by atoms with Gasteiger partial charge in [-0.05, 0) is 25.0 Å². The number of nitrogens with zero attached hydrogens (tertiary/aromatic N) is 1. The monoisotopic (exact) mass is 221 g/mol. The van der Waals surface area contributed by atoms with Gasteiger partial charge in [0.25, 0.3) is 0 Å². The van der Waals surface area contributed by atoms with Gasteiger partial charge in [-0.3, -0.25) is 0 Å². The van der Waals surface area contributed by atoms with Crippen LogP contribution in [-0.4, -0.2) is 0 Å². The third-order valence-electron chi connectivity index (χ3n) is 2.75. The number of rotatable bonds is 1. The summed E-state index contributed by atoms with van der Waals surface area (Å²) < 4.78 is 13.7. The summed E-state index contributed by atoms with van der Waals surface area (Å²) in [6, 6.07) is 6.71. The summed E-state index contributed by atoms with van der Waals surface area (Å²) in [4.78, 5) is 0. The first-order chi connectivity index (χ1) is 7.19. The van der Waals surface area contributed by atoms with Crippen molar-refractivity contribution in [1.82, 2.24) is 0 Å². The highest BCUT2D eigenvalue weighted by molar-refractivity contribution is 6.31. The average Bonchev–Trinajstić information content (AvgIpc) is 2.67. The maximum Gasteiger partial charge on any atom is 0.129 e. The van der Waals surface area contributed by atoms with Gasteiger partial charge in [0.1, 0.15) is 5.82 Å². The third-order valence-corrected chi connectivity index (χ3v) is 3.07. The number of hydrogen-bond donors (Lipinski definition) is 0. The summed E-state index contributed by atoms with van der Waals surface area (Å²) in [5, 5.41) is 9.54. The molecule has 1 aliphatic carbocycles. The van der Waals surface area contributed by atoms with Crippen molar-refractivity contribution in [3.8, 4) is 6.07 Å². The van der Waals surface area contributed by atoms with Crippen molar-refractivity contribution in [3.63, 3.8) is 0 Å². The molecule has 15 heavy (non-hydrogen) atoms. The van der Waals surface area contributed by atoms with Gasteiger partial charge in [-0.1, -0.05) is 29.8 Å². The molecular formula is C12H9ClFN. The molecule has 0 radical (unpaired) electrons. The van der Waals surface area contributed by atoms with Gasteiger partial charge in [0.2, 0.25) is 0 Å². The van der Waals surface area contributed by atoms with E-state index in [9.17, 15) is 9.65 Å². The SMILES string of the molecule is N#CC1(c2c(F)cccc2Cl)CC=CC1. The zero-order chi connectivity index (χ0) is 10.9. The largest absolute Gasteiger partial charge is 0.207 e. The maximum absolute atomic E-state index is 13.7. The quantitative estimate of drug-likeness (QED) is 0.665. The highest BCUT2D eigenvalue weighted by Crippen LogP contribution is 2.41. The van der Waals surface area contributed by atoms with E-state index in [4.69, 9.17) is 11.6 Å². The fraction of sp³-hybridized carbons (Fsp3) is 0.250. The highest BCUT2D eigenvalue weighted by Gasteiger charge is 2.37. The first-order valence-electron chi connectivity index (χ1n) is 4.70. The van der Waals surface area contributed by atoms with Crippen LogP contribution in [0.15, 0.2) is 30.4 Å². The van der Waals surface area contributed by atoms with Gasteiger partial charge in [-0.15, -0.1) is 0 Å². The second-order valence-electron chi connectivity index (χ2n) is 3.67. The van der Waals surface area contributed by atoms with E-state index in [0.717, 1.165) is 0 Å². The van der Waals surface area contributed by atoms with E-state index in [2.05, 4.69) is 6.07 Å². The van der Waals surface area contributed by atoms with E-state index in [1.54, 1.807) is 12.1 Å². The number of benzene rings is 1. The molecule has 0 atom stereocenters. The van der Waals surface area contributed by atoms with Crippen LogP contribution in [0.4, 0.5) is 4.39 Å². The molecule has 1 aromatic rings. The molecule has 0 saturated heterocycles. The first kappa shape index (κ1) is 10.2. The van der Waals surface area contributed by atoms with Crippen LogP contribution in [0.3, 0.4) is 0 Å². The van der Waals surface area contributed by atoms with Crippen molar-refractivity contribution >= 4 is 11.6 Å². The Kier molecular flexibility index (Phi) is 2.50. The Morgan fingerprint density at radius 1 is 1.33 bits per heavy atom. The van der Waals surface area contributed by atoms with Crippen molar-refractivity contribution in [2.45, 2.75) is 18.3 Å². The maximum atomic E-state index is 13.7. The molecule has 0 aliphatic heterocycles. The predicted molar refractivity (Wildman–Crippen MR) is 57.1 cm³/mol. The topological polar surface area (TPSA) is 23.8 Å². The first-order valence-corrected chi connectivity index (χ1v) is 5.08. The minimum Gasteiger partial charge on any atom is -0.207 e. The van der Waals surface area contributed by atoms with Crippen LogP contribution < -0.4 is 0 Å². The van der Waals surface area contributed by atoms with Crippen molar-refractivity contribution in [3.05, 3.63) is 46.8 Å². The summed E-state index contributed by atoms with van der Waals surface area (Å²) >= 11 is 5.96. The number of hydrogen-bond acceptors (Lipinski definition) is 1. The fourth-order valence-corrected chi connectivity index (χ4v) is 2.30. The zero-order valence-electron chi connectivity index (χ0n) is 8.00. The Labute approximate surface area is 92.8 Å². The highest BCUT2D eigenvalue weighted by atomic mass is 35.5. The van der Waals surface area contributed by atoms with E-state index in [-0.39, 0.29) is 0 Å². The molecule has 0 unspecified atom stereocenters. The summed E-state index contributed by atoms with van der Waals surface area (Å²) in [7, 11) is 0. The molecule has 0 spiro atoms. The molecule has 1 aliphatic rings. The lowest BCUT2D eigenvalue weighted by Crippen LogP contribution is -2.22. The summed E-state index contributed by atoms with van der Waals surface area (Å²) in [5.41, 5.74) is -0.471. The van der Waals surface area contributed by atoms with Crippen LogP contribution in [-0.2, 0) is 5.41 Å². The van der Waals surface area contributed by atoms with E-state index in [1.807, 2.05) is 12.2 Å². The minimum atomic E-state index is -0.803. The molecule has 1 aromatic carbocycles. The Bertz CT molecular complexity index is 431. The van der Waals surface area contributed by atoms with Crippen molar-refractivity contribution in [1.29, 1.82) is 5.26 Å². The third kappa shape index (κ3) is 1.53. The van der Waals surface area contributed by atoms with Crippen LogP contribution in [0.2, 0.25) is 5.02 Å². The Morgan fingerprint density at radius 2 is 2.00 bits per heavy atom. The van der Waals surface area contributed by atoms with Crippen molar-refractivity contribution < 1.29 is 4.39 Å². The lowest BCUT2D eigenvalue weighted by Gasteiger charge is -2.22. The number of halogens is 2. The van der Waals surface area contributed by atoms with E-state index in [0.29, 0.717) is 23.4 Å². The Morgan fingerprint density at radius 3 is 2.53 bits per heavy atom. The van der Waals surface area contributed by atoms with Crippen LogP contribution in [0, 0.1) is 17.1 Å². The molecule has 0 amide bonds. The van der Waals surface area contributed by atoms with Crippen molar-refractivity contribution in [2.75, 3.05) is 0 Å². The Balaban J connectivity index is 2.58. The molecule has 76 valence electrons. The summed E-state index contributed by atoms with van der Waals surface area (Å²) in [6.07, 6.45) is 4.85. The average molecular weight is 222 g/mol. The number of nitriles is 1. The lowest BCUT2D eigenvalue weighted by atomic mass is 9.79. The minimum absolute atomic E-state index is 0.333. The molecule has 2 rings (SSSR count). The molecule has 0 saturated carbocycles. The standard InChI is InChI=1S/C12H9ClFN/c13-9-4-3-5-10(14)11(9)12(8-15)6-1-2-7-12/h1-5H,6-7H2. The fourth-order valence-electron chi connectivity index (χ4n) is 1.96. The lowest BCUT2D eigenvalue weighted by molar-refractivity contribution is 0.529.